The first kappa shape index (κ1) is 28.0. The molecule has 0 unspecified atom stereocenters. The molecule has 9 nitrogen and oxygen atoms in total. The van der Waals surface area contributed by atoms with E-state index < -0.39 is 5.97 Å². The van der Waals surface area contributed by atoms with Gasteiger partial charge in [0.05, 0.1) is 19.8 Å². The molecular weight excluding hydrogens is 488 g/mol. The Labute approximate surface area is 222 Å². The zero-order chi connectivity index (χ0) is 27.5. The van der Waals surface area contributed by atoms with Crippen molar-refractivity contribution in [3.63, 3.8) is 0 Å². The highest BCUT2D eigenvalue weighted by atomic mass is 16.5. The van der Waals surface area contributed by atoms with E-state index in [9.17, 15) is 14.4 Å². The highest BCUT2D eigenvalue weighted by Gasteiger charge is 2.18. The van der Waals surface area contributed by atoms with Gasteiger partial charge in [-0.3, -0.25) is 14.4 Å². The van der Waals surface area contributed by atoms with Crippen LogP contribution >= 0.6 is 0 Å². The number of anilines is 1. The van der Waals surface area contributed by atoms with E-state index in [0.717, 1.165) is 5.56 Å². The van der Waals surface area contributed by atoms with E-state index in [1.54, 1.807) is 48.5 Å². The van der Waals surface area contributed by atoms with Crippen LogP contribution in [-0.4, -0.2) is 37.6 Å². The van der Waals surface area contributed by atoms with E-state index in [0.29, 0.717) is 59.6 Å². The monoisotopic (exact) mass is 520 g/mol. The number of hydrogen-bond donors (Lipinski definition) is 2. The van der Waals surface area contributed by atoms with Gasteiger partial charge < -0.3 is 29.6 Å². The number of amides is 2. The predicted octanol–water partition coefficient (Wildman–Crippen LogP) is 4.99. The van der Waals surface area contributed by atoms with Crippen LogP contribution in [0.2, 0.25) is 0 Å². The Morgan fingerprint density at radius 3 is 2.03 bits per heavy atom. The number of ether oxygens (including phenoxy) is 4. The fourth-order valence-electron chi connectivity index (χ4n) is 3.63. The van der Waals surface area contributed by atoms with Crippen molar-refractivity contribution in [1.82, 2.24) is 5.32 Å². The van der Waals surface area contributed by atoms with Crippen molar-refractivity contribution in [2.75, 3.05) is 25.1 Å². The summed E-state index contributed by atoms with van der Waals surface area (Å²) in [6, 6.07) is 16.8. The summed E-state index contributed by atoms with van der Waals surface area (Å²) in [6.45, 7) is 8.31. The van der Waals surface area contributed by atoms with Crippen LogP contribution in [0.4, 0.5) is 5.69 Å². The number of hydrogen-bond acceptors (Lipinski definition) is 7. The summed E-state index contributed by atoms with van der Waals surface area (Å²) < 4.78 is 22.1. The molecule has 0 saturated heterocycles. The molecule has 3 aromatic carbocycles. The standard InChI is InChI=1S/C29H32N2O7/c1-5-35-25-16-22(17-26(36-6-2)27(25)37-7-3)29(34)31-23-12-8-10-20(14-23)18-30-28(33)21-11-9-13-24(15-21)38-19(4)32/h8-17H,5-7,18H2,1-4H3,(H,30,33)(H,31,34). The van der Waals surface area contributed by atoms with E-state index in [1.807, 2.05) is 26.8 Å². The molecule has 0 atom stereocenters. The highest BCUT2D eigenvalue weighted by molar-refractivity contribution is 6.05. The third kappa shape index (κ3) is 7.73. The molecule has 200 valence electrons. The number of rotatable bonds is 12. The molecule has 0 aromatic heterocycles. The average Bonchev–Trinajstić information content (AvgIpc) is 2.89. The van der Waals surface area contributed by atoms with Gasteiger partial charge in [0, 0.05) is 30.3 Å². The normalized spacial score (nSPS) is 10.3. The maximum Gasteiger partial charge on any atom is 0.308 e. The van der Waals surface area contributed by atoms with Crippen molar-refractivity contribution < 1.29 is 33.3 Å². The minimum Gasteiger partial charge on any atom is -0.490 e. The van der Waals surface area contributed by atoms with Crippen molar-refractivity contribution in [2.45, 2.75) is 34.2 Å². The molecule has 2 amide bonds. The minimum absolute atomic E-state index is 0.229. The molecule has 0 aliphatic heterocycles. The predicted molar refractivity (Wildman–Crippen MR) is 143 cm³/mol. The smallest absolute Gasteiger partial charge is 0.308 e. The lowest BCUT2D eigenvalue weighted by atomic mass is 10.1. The zero-order valence-corrected chi connectivity index (χ0v) is 22.0. The average molecular weight is 521 g/mol. The SMILES string of the molecule is CCOc1cc(C(=O)Nc2cccc(CNC(=O)c3cccc(OC(C)=O)c3)c2)cc(OCC)c1OCC. The molecule has 0 radical (unpaired) electrons. The van der Waals surface area contributed by atoms with Gasteiger partial charge in [-0.25, -0.2) is 0 Å². The Hall–Kier alpha value is -4.53. The number of carbonyl (C=O) groups is 3. The first-order valence-corrected chi connectivity index (χ1v) is 12.4. The van der Waals surface area contributed by atoms with Crippen LogP contribution in [0.3, 0.4) is 0 Å². The number of benzene rings is 3. The summed E-state index contributed by atoms with van der Waals surface area (Å²) in [5.74, 6) is 0.482. The van der Waals surface area contributed by atoms with Gasteiger partial charge in [0.15, 0.2) is 11.5 Å². The van der Waals surface area contributed by atoms with E-state index in [2.05, 4.69) is 10.6 Å². The number of nitrogens with one attached hydrogen (secondary N) is 2. The summed E-state index contributed by atoms with van der Waals surface area (Å²) in [6.07, 6.45) is 0. The van der Waals surface area contributed by atoms with Gasteiger partial charge in [0.1, 0.15) is 5.75 Å². The molecule has 0 aliphatic rings. The Balaban J connectivity index is 1.71. The topological polar surface area (TPSA) is 112 Å². The summed E-state index contributed by atoms with van der Waals surface area (Å²) in [4.78, 5) is 36.9. The molecule has 0 fully saturated rings. The first-order chi connectivity index (χ1) is 18.3. The second kappa shape index (κ2) is 13.7. The lowest BCUT2D eigenvalue weighted by molar-refractivity contribution is -0.131. The lowest BCUT2D eigenvalue weighted by Gasteiger charge is -2.17. The molecule has 0 saturated carbocycles. The fraction of sp³-hybridized carbons (Fsp3) is 0.276. The highest BCUT2D eigenvalue weighted by Crippen LogP contribution is 2.39. The Morgan fingerprint density at radius 2 is 1.39 bits per heavy atom. The summed E-state index contributed by atoms with van der Waals surface area (Å²) in [5.41, 5.74) is 2.05. The Bertz CT molecular complexity index is 1260. The van der Waals surface area contributed by atoms with Crippen molar-refractivity contribution in [3.8, 4) is 23.0 Å². The third-order valence-corrected chi connectivity index (χ3v) is 5.17. The molecule has 9 heteroatoms. The van der Waals surface area contributed by atoms with Gasteiger partial charge in [-0.05, 0) is 68.8 Å². The van der Waals surface area contributed by atoms with Crippen LogP contribution < -0.4 is 29.6 Å². The van der Waals surface area contributed by atoms with Gasteiger partial charge >= 0.3 is 5.97 Å². The molecule has 3 rings (SSSR count). The van der Waals surface area contributed by atoms with Crippen LogP contribution in [0.5, 0.6) is 23.0 Å². The number of esters is 1. The molecule has 38 heavy (non-hydrogen) atoms. The van der Waals surface area contributed by atoms with E-state index in [4.69, 9.17) is 18.9 Å². The molecular formula is C29H32N2O7. The van der Waals surface area contributed by atoms with Crippen molar-refractivity contribution in [3.05, 3.63) is 77.4 Å². The largest absolute Gasteiger partial charge is 0.490 e. The lowest BCUT2D eigenvalue weighted by Crippen LogP contribution is -2.23. The molecule has 0 bridgehead atoms. The first-order valence-electron chi connectivity index (χ1n) is 12.4. The summed E-state index contributed by atoms with van der Waals surface area (Å²) in [7, 11) is 0. The van der Waals surface area contributed by atoms with E-state index in [1.165, 1.54) is 13.0 Å². The second-order valence-electron chi connectivity index (χ2n) is 8.06. The van der Waals surface area contributed by atoms with Crippen LogP contribution in [0.25, 0.3) is 0 Å². The fourth-order valence-corrected chi connectivity index (χ4v) is 3.63. The number of carbonyl (C=O) groups excluding carboxylic acids is 3. The second-order valence-corrected chi connectivity index (χ2v) is 8.06. The van der Waals surface area contributed by atoms with Crippen LogP contribution in [0.15, 0.2) is 60.7 Å². The zero-order valence-electron chi connectivity index (χ0n) is 22.0. The van der Waals surface area contributed by atoms with Gasteiger partial charge in [0.25, 0.3) is 11.8 Å². The summed E-state index contributed by atoms with van der Waals surface area (Å²) in [5, 5.41) is 5.71. The molecule has 0 heterocycles. The Kier molecular flexibility index (Phi) is 10.1. The molecule has 2 N–H and O–H groups in total. The molecule has 0 spiro atoms. The maximum absolute atomic E-state index is 13.1. The van der Waals surface area contributed by atoms with E-state index in [-0.39, 0.29) is 18.4 Å². The molecule has 0 aliphatic carbocycles. The maximum atomic E-state index is 13.1. The van der Waals surface area contributed by atoms with E-state index >= 15 is 0 Å². The molecule has 3 aromatic rings. The van der Waals surface area contributed by atoms with Crippen molar-refractivity contribution in [1.29, 1.82) is 0 Å². The van der Waals surface area contributed by atoms with Crippen LogP contribution in [0.1, 0.15) is 54.0 Å². The van der Waals surface area contributed by atoms with Gasteiger partial charge in [-0.15, -0.1) is 0 Å². The summed E-state index contributed by atoms with van der Waals surface area (Å²) >= 11 is 0. The Morgan fingerprint density at radius 1 is 0.737 bits per heavy atom. The van der Waals surface area contributed by atoms with Crippen molar-refractivity contribution in [2.24, 2.45) is 0 Å². The van der Waals surface area contributed by atoms with Gasteiger partial charge in [0.2, 0.25) is 5.75 Å². The quantitative estimate of drug-likeness (QED) is 0.256. The van der Waals surface area contributed by atoms with Gasteiger partial charge in [-0.1, -0.05) is 18.2 Å². The van der Waals surface area contributed by atoms with Crippen LogP contribution in [0, 0.1) is 0 Å². The van der Waals surface area contributed by atoms with Crippen molar-refractivity contribution >= 4 is 23.5 Å². The minimum atomic E-state index is -0.463. The van der Waals surface area contributed by atoms with Crippen LogP contribution in [-0.2, 0) is 11.3 Å². The third-order valence-electron chi connectivity index (χ3n) is 5.17. The van der Waals surface area contributed by atoms with Gasteiger partial charge in [-0.2, -0.15) is 0 Å².